The largest absolute Gasteiger partial charge is 0.355 e. The minimum atomic E-state index is 0.0352. The molecule has 0 bridgehead atoms. The Hall–Kier alpha value is -2.02. The second-order valence-electron chi connectivity index (χ2n) is 6.90. The monoisotopic (exact) mass is 275 g/mol. The Morgan fingerprint density at radius 3 is 2.71 bits per heavy atom. The number of para-hydroxylation sites is 1. The van der Waals surface area contributed by atoms with Gasteiger partial charge in [0.15, 0.2) is 0 Å². The minimum absolute atomic E-state index is 0.0352. The first kappa shape index (κ1) is 12.7. The van der Waals surface area contributed by atoms with Crippen LogP contribution in [0.5, 0.6) is 0 Å². The van der Waals surface area contributed by atoms with Crippen molar-refractivity contribution in [3.8, 4) is 0 Å². The van der Waals surface area contributed by atoms with E-state index < -0.39 is 0 Å². The van der Waals surface area contributed by atoms with E-state index in [1.54, 1.807) is 0 Å². The van der Waals surface area contributed by atoms with Crippen molar-refractivity contribution >= 4 is 17.5 Å². The molecule has 1 heterocycles. The molecule has 1 aliphatic carbocycles. The lowest BCUT2D eigenvalue weighted by Crippen LogP contribution is -2.28. The molecule has 0 radical (unpaired) electrons. The normalized spacial score (nSPS) is 21.0. The summed E-state index contributed by atoms with van der Waals surface area (Å²) in [6.45, 7) is 6.98. The number of nitrogens with one attached hydrogen (secondary N) is 1. The lowest BCUT2D eigenvalue weighted by Gasteiger charge is -2.38. The highest BCUT2D eigenvalue weighted by atomic mass is 14.9. The van der Waals surface area contributed by atoms with Gasteiger partial charge in [0, 0.05) is 16.8 Å². The molecule has 0 aromatic heterocycles. The van der Waals surface area contributed by atoms with E-state index in [0.717, 1.165) is 6.42 Å². The van der Waals surface area contributed by atoms with Crippen LogP contribution in [0.15, 0.2) is 42.5 Å². The third-order valence-electron chi connectivity index (χ3n) is 4.96. The van der Waals surface area contributed by atoms with E-state index in [1.807, 2.05) is 0 Å². The zero-order valence-electron chi connectivity index (χ0n) is 12.9. The molecule has 0 saturated carbocycles. The summed E-state index contributed by atoms with van der Waals surface area (Å²) in [5.41, 5.74) is 8.28. The van der Waals surface area contributed by atoms with Crippen molar-refractivity contribution in [2.24, 2.45) is 5.92 Å². The van der Waals surface area contributed by atoms with Gasteiger partial charge in [-0.15, -0.1) is 0 Å². The topological polar surface area (TPSA) is 12.0 Å². The predicted octanol–water partition coefficient (Wildman–Crippen LogP) is 5.27. The third-order valence-corrected chi connectivity index (χ3v) is 4.96. The Morgan fingerprint density at radius 2 is 1.86 bits per heavy atom. The van der Waals surface area contributed by atoms with Crippen molar-refractivity contribution in [3.05, 3.63) is 64.7 Å². The van der Waals surface area contributed by atoms with Gasteiger partial charge in [-0.3, -0.25) is 0 Å². The first-order valence-electron chi connectivity index (χ1n) is 7.78. The Bertz CT molecular complexity index is 752. The van der Waals surface area contributed by atoms with E-state index in [0.29, 0.717) is 5.92 Å². The molecular weight excluding hydrogens is 254 g/mol. The molecule has 1 aliphatic heterocycles. The van der Waals surface area contributed by atoms with E-state index in [4.69, 9.17) is 0 Å². The van der Waals surface area contributed by atoms with Gasteiger partial charge in [-0.1, -0.05) is 57.2 Å². The van der Waals surface area contributed by atoms with E-state index in [2.05, 4.69) is 74.6 Å². The standard InChI is InChI=1S/C20H21N/c1-13-8-10-15-14(12-13)9-11-18-19(15)20(2,3)16-6-4-5-7-17(16)21-18/h4-11,13,21H,12H2,1-3H3. The average Bonchev–Trinajstić information content (AvgIpc) is 2.47. The van der Waals surface area contributed by atoms with Crippen molar-refractivity contribution in [1.82, 2.24) is 0 Å². The van der Waals surface area contributed by atoms with E-state index >= 15 is 0 Å². The molecule has 1 atom stereocenters. The number of hydrogen-bond acceptors (Lipinski definition) is 1. The summed E-state index contributed by atoms with van der Waals surface area (Å²) < 4.78 is 0. The summed E-state index contributed by atoms with van der Waals surface area (Å²) in [7, 11) is 0. The Labute approximate surface area is 126 Å². The van der Waals surface area contributed by atoms with Crippen molar-refractivity contribution in [2.45, 2.75) is 32.6 Å². The number of allylic oxidation sites excluding steroid dienone is 1. The molecule has 0 saturated heterocycles. The smallest absolute Gasteiger partial charge is 0.0432 e. The van der Waals surface area contributed by atoms with E-state index in [-0.39, 0.29) is 5.41 Å². The van der Waals surface area contributed by atoms with Gasteiger partial charge in [0.05, 0.1) is 0 Å². The van der Waals surface area contributed by atoms with Crippen molar-refractivity contribution in [1.29, 1.82) is 0 Å². The zero-order valence-corrected chi connectivity index (χ0v) is 12.9. The van der Waals surface area contributed by atoms with Crippen LogP contribution in [-0.2, 0) is 11.8 Å². The lowest BCUT2D eigenvalue weighted by atomic mass is 9.70. The van der Waals surface area contributed by atoms with Crippen molar-refractivity contribution < 1.29 is 0 Å². The molecule has 21 heavy (non-hydrogen) atoms. The van der Waals surface area contributed by atoms with Crippen LogP contribution in [0.4, 0.5) is 11.4 Å². The minimum Gasteiger partial charge on any atom is -0.355 e. The van der Waals surface area contributed by atoms with Gasteiger partial charge in [-0.05, 0) is 46.7 Å². The highest BCUT2D eigenvalue weighted by molar-refractivity contribution is 5.81. The van der Waals surface area contributed by atoms with Gasteiger partial charge in [0.25, 0.3) is 0 Å². The Kier molecular flexibility index (Phi) is 2.56. The third kappa shape index (κ3) is 1.77. The molecule has 2 aliphatic rings. The van der Waals surface area contributed by atoms with Gasteiger partial charge in [-0.25, -0.2) is 0 Å². The first-order chi connectivity index (χ1) is 10.1. The summed E-state index contributed by atoms with van der Waals surface area (Å²) in [5.74, 6) is 0.641. The van der Waals surface area contributed by atoms with Crippen LogP contribution in [0, 0.1) is 5.92 Å². The predicted molar refractivity (Wildman–Crippen MR) is 90.2 cm³/mol. The summed E-state index contributed by atoms with van der Waals surface area (Å²) >= 11 is 0. The van der Waals surface area contributed by atoms with Gasteiger partial charge in [-0.2, -0.15) is 0 Å². The van der Waals surface area contributed by atoms with Gasteiger partial charge in [0.1, 0.15) is 0 Å². The molecule has 1 N–H and O–H groups in total. The number of anilines is 2. The summed E-state index contributed by atoms with van der Waals surface area (Å²) in [6.07, 6.45) is 5.83. The van der Waals surface area contributed by atoms with Gasteiger partial charge >= 0.3 is 0 Å². The molecule has 0 fully saturated rings. The molecule has 1 unspecified atom stereocenters. The molecule has 1 nitrogen and oxygen atoms in total. The van der Waals surface area contributed by atoms with Crippen LogP contribution in [-0.4, -0.2) is 0 Å². The van der Waals surface area contributed by atoms with Crippen molar-refractivity contribution in [3.63, 3.8) is 0 Å². The maximum atomic E-state index is 3.62. The zero-order chi connectivity index (χ0) is 14.6. The van der Waals surface area contributed by atoms with Crippen LogP contribution in [0.1, 0.15) is 43.0 Å². The molecular formula is C20H21N. The maximum absolute atomic E-state index is 3.62. The van der Waals surface area contributed by atoms with Crippen LogP contribution >= 0.6 is 0 Å². The van der Waals surface area contributed by atoms with Gasteiger partial charge < -0.3 is 5.32 Å². The summed E-state index contributed by atoms with van der Waals surface area (Å²) in [6, 6.07) is 13.2. The summed E-state index contributed by atoms with van der Waals surface area (Å²) in [4.78, 5) is 0. The highest BCUT2D eigenvalue weighted by Crippen LogP contribution is 2.48. The Morgan fingerprint density at radius 1 is 1.05 bits per heavy atom. The van der Waals surface area contributed by atoms with E-state index in [1.165, 1.54) is 33.6 Å². The fraction of sp³-hybridized carbons (Fsp3) is 0.300. The number of hydrogen-bond donors (Lipinski definition) is 1. The number of benzene rings is 2. The molecule has 106 valence electrons. The molecule has 1 heteroatoms. The van der Waals surface area contributed by atoms with Crippen LogP contribution in [0.3, 0.4) is 0 Å². The maximum Gasteiger partial charge on any atom is 0.0432 e. The SMILES string of the molecule is CC1C=Cc2c(ccc3c2C(C)(C)c2ccccc2N3)C1. The van der Waals surface area contributed by atoms with Gasteiger partial charge in [0.2, 0.25) is 0 Å². The highest BCUT2D eigenvalue weighted by Gasteiger charge is 2.35. The molecule has 0 spiro atoms. The lowest BCUT2D eigenvalue weighted by molar-refractivity contribution is 0.630. The molecule has 4 rings (SSSR count). The average molecular weight is 275 g/mol. The quantitative estimate of drug-likeness (QED) is 0.690. The molecule has 2 aromatic rings. The fourth-order valence-corrected chi connectivity index (χ4v) is 3.90. The van der Waals surface area contributed by atoms with Crippen LogP contribution in [0.25, 0.3) is 6.08 Å². The number of rotatable bonds is 0. The van der Waals surface area contributed by atoms with Crippen LogP contribution in [0.2, 0.25) is 0 Å². The second-order valence-corrected chi connectivity index (χ2v) is 6.90. The molecule has 2 aromatic carbocycles. The van der Waals surface area contributed by atoms with Crippen LogP contribution < -0.4 is 5.32 Å². The number of fused-ring (bicyclic) bond motifs is 4. The fourth-order valence-electron chi connectivity index (χ4n) is 3.90. The first-order valence-corrected chi connectivity index (χ1v) is 7.78. The second kappa shape index (κ2) is 4.24. The van der Waals surface area contributed by atoms with E-state index in [9.17, 15) is 0 Å². The Balaban J connectivity index is 1.98. The molecule has 0 amide bonds. The summed E-state index contributed by atoms with van der Waals surface area (Å²) in [5, 5.41) is 3.62. The van der Waals surface area contributed by atoms with Crippen molar-refractivity contribution in [2.75, 3.05) is 5.32 Å².